The molecule has 0 bridgehead atoms. The van der Waals surface area contributed by atoms with Crippen molar-refractivity contribution in [1.29, 1.82) is 0 Å². The molecule has 2 unspecified atom stereocenters. The SMILES string of the molecule is F[C@@H]1C[C@H](F)[C@H](F)C(c2ccc(/C=C/c3ccc(C4[C@@H](F)[C@@H](F)C[C@@H](F)[C@H]4F)cc3)cc2)[C@@H]1F. The fraction of sp³-hybridized carbons (Fsp3) is 0.462. The Morgan fingerprint density at radius 2 is 0.706 bits per heavy atom. The number of hydrogen-bond donors (Lipinski definition) is 0. The molecule has 0 nitrogen and oxygen atoms in total. The van der Waals surface area contributed by atoms with Gasteiger partial charge >= 0.3 is 0 Å². The van der Waals surface area contributed by atoms with Gasteiger partial charge in [0.15, 0.2) is 0 Å². The van der Waals surface area contributed by atoms with E-state index >= 15 is 0 Å². The van der Waals surface area contributed by atoms with Crippen LogP contribution in [0.15, 0.2) is 48.5 Å². The highest BCUT2D eigenvalue weighted by Crippen LogP contribution is 2.41. The largest absolute Gasteiger partial charge is 0.244 e. The molecule has 10 atom stereocenters. The van der Waals surface area contributed by atoms with Crippen LogP contribution in [0.5, 0.6) is 0 Å². The normalized spacial score (nSPS) is 38.8. The van der Waals surface area contributed by atoms with Gasteiger partial charge in [-0.2, -0.15) is 0 Å². The highest BCUT2D eigenvalue weighted by atomic mass is 19.2. The molecule has 0 saturated heterocycles. The summed E-state index contributed by atoms with van der Waals surface area (Å²) in [4.78, 5) is 0. The third-order valence-corrected chi connectivity index (χ3v) is 6.77. The number of hydrogen-bond acceptors (Lipinski definition) is 0. The van der Waals surface area contributed by atoms with E-state index in [2.05, 4.69) is 0 Å². The van der Waals surface area contributed by atoms with Crippen molar-refractivity contribution < 1.29 is 35.1 Å². The van der Waals surface area contributed by atoms with Crippen LogP contribution in [0.1, 0.15) is 46.9 Å². The summed E-state index contributed by atoms with van der Waals surface area (Å²) in [5, 5.41) is 0. The molecule has 184 valence electrons. The lowest BCUT2D eigenvalue weighted by Gasteiger charge is -2.34. The van der Waals surface area contributed by atoms with E-state index in [-0.39, 0.29) is 11.1 Å². The summed E-state index contributed by atoms with van der Waals surface area (Å²) in [6.07, 6.45) is -15.0. The highest BCUT2D eigenvalue weighted by molar-refractivity contribution is 5.69. The van der Waals surface area contributed by atoms with E-state index in [4.69, 9.17) is 0 Å². The summed E-state index contributed by atoms with van der Waals surface area (Å²) in [6, 6.07) is 11.9. The number of benzene rings is 2. The molecule has 2 saturated carbocycles. The Bertz CT molecular complexity index is 868. The van der Waals surface area contributed by atoms with E-state index in [1.807, 2.05) is 0 Å². The zero-order valence-corrected chi connectivity index (χ0v) is 18.0. The van der Waals surface area contributed by atoms with Crippen LogP contribution in [0.3, 0.4) is 0 Å². The quantitative estimate of drug-likeness (QED) is 0.308. The van der Waals surface area contributed by atoms with Gasteiger partial charge in [-0.05, 0) is 22.3 Å². The summed E-state index contributed by atoms with van der Waals surface area (Å²) in [5.74, 6) is -3.04. The lowest BCUT2D eigenvalue weighted by molar-refractivity contribution is -0.00570. The zero-order valence-electron chi connectivity index (χ0n) is 18.0. The Hall–Kier alpha value is -2.38. The van der Waals surface area contributed by atoms with Gasteiger partial charge in [0.05, 0.1) is 11.8 Å². The Labute approximate surface area is 192 Å². The van der Waals surface area contributed by atoms with Gasteiger partial charge in [0.25, 0.3) is 0 Å². The number of alkyl halides is 8. The standard InChI is InChI=1S/C26H24F8/c27-17-11-18(28)24(32)21(23(17)31)15-7-3-13(4-8-15)1-2-14-5-9-16(10-6-14)22-25(33)19(29)12-20(30)26(22)34/h1-10,17-26H,11-12H2/b2-1+/t17-,18+,19-,20+,21?,22?,23-,24+,25-,26+. The molecule has 2 aromatic carbocycles. The molecule has 0 spiro atoms. The van der Waals surface area contributed by atoms with Crippen LogP contribution < -0.4 is 0 Å². The van der Waals surface area contributed by atoms with Crippen molar-refractivity contribution >= 4 is 12.2 Å². The Morgan fingerprint density at radius 1 is 0.441 bits per heavy atom. The van der Waals surface area contributed by atoms with E-state index in [0.717, 1.165) is 0 Å². The number of rotatable bonds is 4. The smallest absolute Gasteiger partial charge is 0.141 e. The van der Waals surface area contributed by atoms with Crippen LogP contribution in [0.2, 0.25) is 0 Å². The van der Waals surface area contributed by atoms with Crippen molar-refractivity contribution in [3.8, 4) is 0 Å². The van der Waals surface area contributed by atoms with E-state index in [9.17, 15) is 35.1 Å². The van der Waals surface area contributed by atoms with Gasteiger partial charge in [0.1, 0.15) is 49.4 Å². The first-order chi connectivity index (χ1) is 16.2. The Balaban J connectivity index is 1.45. The van der Waals surface area contributed by atoms with Gasteiger partial charge in [0, 0.05) is 12.8 Å². The first-order valence-corrected chi connectivity index (χ1v) is 11.2. The molecule has 34 heavy (non-hydrogen) atoms. The summed E-state index contributed by atoms with van der Waals surface area (Å²) in [7, 11) is 0. The molecule has 0 amide bonds. The minimum Gasteiger partial charge on any atom is -0.244 e. The second-order valence-electron chi connectivity index (χ2n) is 9.03. The van der Waals surface area contributed by atoms with E-state index in [1.165, 1.54) is 24.3 Å². The molecule has 4 rings (SSSR count). The minimum absolute atomic E-state index is 0.165. The Morgan fingerprint density at radius 3 is 0.971 bits per heavy atom. The molecule has 0 heterocycles. The molecule has 2 fully saturated rings. The maximum atomic E-state index is 14.2. The zero-order chi connectivity index (χ0) is 24.6. The molecule has 2 aromatic rings. The van der Waals surface area contributed by atoms with Gasteiger partial charge in [-0.3, -0.25) is 0 Å². The molecule has 0 aliphatic heterocycles. The van der Waals surface area contributed by atoms with Crippen LogP contribution in [-0.2, 0) is 0 Å². The maximum Gasteiger partial charge on any atom is 0.141 e. The van der Waals surface area contributed by atoms with Gasteiger partial charge < -0.3 is 0 Å². The lowest BCUT2D eigenvalue weighted by Crippen LogP contribution is -2.43. The maximum absolute atomic E-state index is 14.2. The molecular weight excluding hydrogens is 464 g/mol. The fourth-order valence-electron chi connectivity index (χ4n) is 4.79. The van der Waals surface area contributed by atoms with Crippen LogP contribution in [0.25, 0.3) is 12.2 Å². The van der Waals surface area contributed by atoms with E-state index < -0.39 is 74.1 Å². The first kappa shape index (κ1) is 24.7. The number of halogens is 8. The fourth-order valence-corrected chi connectivity index (χ4v) is 4.79. The van der Waals surface area contributed by atoms with Crippen LogP contribution in [0, 0.1) is 0 Å². The molecule has 0 aromatic heterocycles. The molecule has 8 heteroatoms. The summed E-state index contributed by atoms with van der Waals surface area (Å²) in [6.45, 7) is 0. The van der Waals surface area contributed by atoms with Crippen molar-refractivity contribution in [2.24, 2.45) is 0 Å². The average Bonchev–Trinajstić information content (AvgIpc) is 2.82. The third kappa shape index (κ3) is 4.86. The van der Waals surface area contributed by atoms with Gasteiger partial charge in [-0.1, -0.05) is 60.7 Å². The van der Waals surface area contributed by atoms with Crippen LogP contribution in [0.4, 0.5) is 35.1 Å². The van der Waals surface area contributed by atoms with Crippen molar-refractivity contribution in [3.63, 3.8) is 0 Å². The molecule has 2 aliphatic rings. The summed E-state index contributed by atoms with van der Waals surface area (Å²) in [5.41, 5.74) is 1.61. The van der Waals surface area contributed by atoms with E-state index in [1.54, 1.807) is 36.4 Å². The predicted octanol–water partition coefficient (Wildman–Crippen LogP) is 7.54. The predicted molar refractivity (Wildman–Crippen MR) is 116 cm³/mol. The van der Waals surface area contributed by atoms with Crippen molar-refractivity contribution in [2.45, 2.75) is 74.1 Å². The summed E-state index contributed by atoms with van der Waals surface area (Å²) < 4.78 is 112. The van der Waals surface area contributed by atoms with Crippen molar-refractivity contribution in [2.75, 3.05) is 0 Å². The van der Waals surface area contributed by atoms with Crippen LogP contribution in [-0.4, -0.2) is 49.4 Å². The van der Waals surface area contributed by atoms with Gasteiger partial charge in [-0.25, -0.2) is 35.1 Å². The lowest BCUT2D eigenvalue weighted by atomic mass is 9.79. The Kier molecular flexibility index (Phi) is 7.33. The molecule has 2 aliphatic carbocycles. The third-order valence-electron chi connectivity index (χ3n) is 6.77. The van der Waals surface area contributed by atoms with Gasteiger partial charge in [-0.15, -0.1) is 0 Å². The molecular formula is C26H24F8. The first-order valence-electron chi connectivity index (χ1n) is 11.2. The average molecular weight is 488 g/mol. The second-order valence-corrected chi connectivity index (χ2v) is 9.03. The highest BCUT2D eigenvalue weighted by Gasteiger charge is 2.48. The van der Waals surface area contributed by atoms with Gasteiger partial charge in [0.2, 0.25) is 0 Å². The molecule has 0 N–H and O–H groups in total. The van der Waals surface area contributed by atoms with Crippen LogP contribution >= 0.6 is 0 Å². The van der Waals surface area contributed by atoms with Crippen molar-refractivity contribution in [3.05, 3.63) is 70.8 Å². The topological polar surface area (TPSA) is 0 Å². The molecule has 0 radical (unpaired) electrons. The monoisotopic (exact) mass is 488 g/mol. The minimum atomic E-state index is -2.13. The van der Waals surface area contributed by atoms with Crippen molar-refractivity contribution in [1.82, 2.24) is 0 Å². The van der Waals surface area contributed by atoms with E-state index in [0.29, 0.717) is 11.1 Å². The second kappa shape index (κ2) is 10.1. The summed E-state index contributed by atoms with van der Waals surface area (Å²) >= 11 is 0.